The quantitative estimate of drug-likeness (QED) is 0.507. The van der Waals surface area contributed by atoms with E-state index in [-0.39, 0.29) is 34.9 Å². The minimum Gasteiger partial charge on any atom is -0.393 e. The molecule has 158 valence electrons. The van der Waals surface area contributed by atoms with E-state index in [9.17, 15) is 20.1 Å². The van der Waals surface area contributed by atoms with Crippen molar-refractivity contribution in [1.29, 1.82) is 0 Å². The van der Waals surface area contributed by atoms with Gasteiger partial charge in [-0.2, -0.15) is 0 Å². The molecule has 0 heterocycles. The first-order chi connectivity index (χ1) is 13.2. The molecule has 0 aromatic rings. The van der Waals surface area contributed by atoms with E-state index in [2.05, 4.69) is 26.8 Å². The summed E-state index contributed by atoms with van der Waals surface area (Å²) in [4.78, 5) is 10.9. The third kappa shape index (κ3) is 2.86. The molecular formula is C24H38O4. The topological polar surface area (TPSA) is 77.8 Å². The Hall–Kier alpha value is -0.710. The third-order valence-corrected chi connectivity index (χ3v) is 9.65. The highest BCUT2D eigenvalue weighted by molar-refractivity contribution is 5.49. The first-order valence-electron chi connectivity index (χ1n) is 11.4. The molecule has 0 aromatic heterocycles. The second-order valence-corrected chi connectivity index (χ2v) is 10.8. The molecule has 28 heavy (non-hydrogen) atoms. The van der Waals surface area contributed by atoms with Crippen LogP contribution in [-0.2, 0) is 4.79 Å². The van der Waals surface area contributed by atoms with Gasteiger partial charge in [0.2, 0.25) is 0 Å². The minimum absolute atomic E-state index is 0.108. The Kier molecular flexibility index (Phi) is 5.29. The number of rotatable bonds is 4. The lowest BCUT2D eigenvalue weighted by Gasteiger charge is -2.63. The molecule has 4 rings (SSSR count). The zero-order chi connectivity index (χ0) is 20.3. The Labute approximate surface area is 169 Å². The highest BCUT2D eigenvalue weighted by Crippen LogP contribution is 2.67. The predicted molar refractivity (Wildman–Crippen MR) is 108 cm³/mol. The predicted octanol–water partition coefficient (Wildman–Crippen LogP) is 3.48. The van der Waals surface area contributed by atoms with E-state index in [1.54, 1.807) is 0 Å². The van der Waals surface area contributed by atoms with E-state index in [1.807, 2.05) is 0 Å². The summed E-state index contributed by atoms with van der Waals surface area (Å²) in [6, 6.07) is 0. The fraction of sp³-hybridized carbons (Fsp3) is 0.875. The summed E-state index contributed by atoms with van der Waals surface area (Å²) in [5.74, 6) is 1.45. The summed E-state index contributed by atoms with van der Waals surface area (Å²) in [7, 11) is 0. The normalized spacial score (nSPS) is 51.5. The van der Waals surface area contributed by atoms with E-state index in [4.69, 9.17) is 0 Å². The maximum absolute atomic E-state index is 11.4. The van der Waals surface area contributed by atoms with Gasteiger partial charge >= 0.3 is 0 Å². The van der Waals surface area contributed by atoms with Gasteiger partial charge in [0.05, 0.1) is 18.3 Å². The molecule has 3 fully saturated rings. The van der Waals surface area contributed by atoms with E-state index >= 15 is 0 Å². The maximum atomic E-state index is 11.4. The zero-order valence-electron chi connectivity index (χ0n) is 17.7. The Balaban J connectivity index is 1.64. The highest BCUT2D eigenvalue weighted by atomic mass is 16.3. The highest BCUT2D eigenvalue weighted by Gasteiger charge is 2.64. The molecule has 0 spiro atoms. The van der Waals surface area contributed by atoms with Crippen LogP contribution in [0, 0.1) is 40.4 Å². The first-order valence-corrected chi connectivity index (χ1v) is 11.4. The number of allylic oxidation sites excluding steroid dienone is 1. The van der Waals surface area contributed by atoms with E-state index < -0.39 is 6.10 Å². The van der Waals surface area contributed by atoms with E-state index in [0.717, 1.165) is 51.2 Å². The fourth-order valence-electron chi connectivity index (χ4n) is 8.00. The summed E-state index contributed by atoms with van der Waals surface area (Å²) >= 11 is 0. The second-order valence-electron chi connectivity index (χ2n) is 10.8. The van der Waals surface area contributed by atoms with Crippen LogP contribution in [0.3, 0.4) is 0 Å². The van der Waals surface area contributed by atoms with Gasteiger partial charge < -0.3 is 20.1 Å². The Morgan fingerprint density at radius 1 is 1.18 bits per heavy atom. The smallest absolute Gasteiger partial charge is 0.120 e. The van der Waals surface area contributed by atoms with Crippen molar-refractivity contribution in [2.45, 2.75) is 90.4 Å². The van der Waals surface area contributed by atoms with Crippen LogP contribution in [0.4, 0.5) is 0 Å². The van der Waals surface area contributed by atoms with Crippen molar-refractivity contribution in [3.05, 3.63) is 11.6 Å². The molecule has 0 bridgehead atoms. The Morgan fingerprint density at radius 3 is 2.64 bits per heavy atom. The van der Waals surface area contributed by atoms with Crippen molar-refractivity contribution in [2.24, 2.45) is 40.4 Å². The number of aliphatic hydroxyl groups excluding tert-OH is 3. The molecule has 0 aliphatic heterocycles. The van der Waals surface area contributed by atoms with Gasteiger partial charge in [-0.1, -0.05) is 32.4 Å². The average molecular weight is 391 g/mol. The lowest BCUT2D eigenvalue weighted by molar-refractivity contribution is -0.193. The summed E-state index contributed by atoms with van der Waals surface area (Å²) < 4.78 is 0. The summed E-state index contributed by atoms with van der Waals surface area (Å²) in [5, 5.41) is 32.8. The van der Waals surface area contributed by atoms with Gasteiger partial charge in [-0.3, -0.25) is 0 Å². The lowest BCUT2D eigenvalue weighted by Crippen LogP contribution is -2.61. The van der Waals surface area contributed by atoms with Gasteiger partial charge in [-0.25, -0.2) is 0 Å². The number of hydrogen-bond acceptors (Lipinski definition) is 4. The van der Waals surface area contributed by atoms with Crippen molar-refractivity contribution in [3.8, 4) is 0 Å². The number of aldehydes is 1. The van der Waals surface area contributed by atoms with Gasteiger partial charge in [0.25, 0.3) is 0 Å². The van der Waals surface area contributed by atoms with Gasteiger partial charge in [0.1, 0.15) is 6.29 Å². The SMILES string of the molecule is C[C@H](CCC=O)C1=CCC2C3C(C[C@H](O)[C@]12C)[C@@]1(C)CC[C@@H](O)C[C@H]1C[C@H]3O. The number of fused-ring (bicyclic) bond motifs is 5. The van der Waals surface area contributed by atoms with E-state index in [0.29, 0.717) is 24.2 Å². The van der Waals surface area contributed by atoms with Crippen LogP contribution in [0.15, 0.2) is 11.6 Å². The molecule has 4 aliphatic carbocycles. The molecule has 10 atom stereocenters. The van der Waals surface area contributed by atoms with Crippen molar-refractivity contribution < 1.29 is 20.1 Å². The zero-order valence-corrected chi connectivity index (χ0v) is 17.7. The summed E-state index contributed by atoms with van der Waals surface area (Å²) in [6.45, 7) is 6.75. The van der Waals surface area contributed by atoms with E-state index in [1.165, 1.54) is 5.57 Å². The summed E-state index contributed by atoms with van der Waals surface area (Å²) in [6.07, 6.45) is 8.81. The molecule has 4 aliphatic rings. The number of hydrogen-bond donors (Lipinski definition) is 3. The van der Waals surface area contributed by atoms with Crippen LogP contribution < -0.4 is 0 Å². The minimum atomic E-state index is -0.402. The van der Waals surface area contributed by atoms with Crippen LogP contribution in [0.1, 0.15) is 72.1 Å². The Bertz CT molecular complexity index is 645. The van der Waals surface area contributed by atoms with Gasteiger partial charge in [0.15, 0.2) is 0 Å². The van der Waals surface area contributed by atoms with Crippen molar-refractivity contribution in [3.63, 3.8) is 0 Å². The van der Waals surface area contributed by atoms with Gasteiger partial charge in [-0.15, -0.1) is 0 Å². The fourth-order valence-corrected chi connectivity index (χ4v) is 8.00. The van der Waals surface area contributed by atoms with Crippen molar-refractivity contribution in [2.75, 3.05) is 0 Å². The van der Waals surface area contributed by atoms with Crippen LogP contribution in [-0.4, -0.2) is 39.9 Å². The first kappa shape index (κ1) is 20.6. The molecule has 0 amide bonds. The molecule has 4 heteroatoms. The van der Waals surface area contributed by atoms with Crippen LogP contribution >= 0.6 is 0 Å². The maximum Gasteiger partial charge on any atom is 0.120 e. The standard InChI is InChI=1S/C24H38O4/c1-14(5-4-10-25)17-6-7-18-22-19(13-21(28)24(17,18)3)23(2)9-8-16(26)11-15(23)12-20(22)27/h6,10,14-16,18-22,26-28H,4-5,7-9,11-13H2,1-3H3/t14-,15+,16-,18?,19?,20-,21+,22?,23+,24-/m1/s1. The largest absolute Gasteiger partial charge is 0.393 e. The van der Waals surface area contributed by atoms with Crippen LogP contribution in [0.2, 0.25) is 0 Å². The van der Waals surface area contributed by atoms with Crippen LogP contribution in [0.25, 0.3) is 0 Å². The third-order valence-electron chi connectivity index (χ3n) is 9.65. The van der Waals surface area contributed by atoms with Gasteiger partial charge in [-0.05, 0) is 80.0 Å². The van der Waals surface area contributed by atoms with Gasteiger partial charge in [0, 0.05) is 11.8 Å². The van der Waals surface area contributed by atoms with Crippen molar-refractivity contribution in [1.82, 2.24) is 0 Å². The molecule has 4 nitrogen and oxygen atoms in total. The van der Waals surface area contributed by atoms with Crippen molar-refractivity contribution >= 4 is 6.29 Å². The Morgan fingerprint density at radius 2 is 1.93 bits per heavy atom. The number of aliphatic hydroxyl groups is 3. The molecule has 0 radical (unpaired) electrons. The molecule has 3 N–H and O–H groups in total. The molecule has 3 saturated carbocycles. The van der Waals surface area contributed by atoms with Crippen LogP contribution in [0.5, 0.6) is 0 Å². The monoisotopic (exact) mass is 390 g/mol. The summed E-state index contributed by atoms with van der Waals surface area (Å²) in [5.41, 5.74) is 1.13. The average Bonchev–Trinajstić information content (AvgIpc) is 3.01. The molecule has 0 aromatic carbocycles. The molecule has 3 unspecified atom stereocenters. The lowest BCUT2D eigenvalue weighted by atomic mass is 9.43. The second kappa shape index (κ2) is 7.21. The molecule has 0 saturated heterocycles. The number of carbonyl (C=O) groups excluding carboxylic acids is 1. The number of carbonyl (C=O) groups is 1. The molecular weight excluding hydrogens is 352 g/mol.